The molecule has 1 aliphatic carbocycles. The first-order chi connectivity index (χ1) is 8.57. The molecule has 0 aromatic carbocycles. The lowest BCUT2D eigenvalue weighted by atomic mass is 9.97. The molecule has 18 heavy (non-hydrogen) atoms. The van der Waals surface area contributed by atoms with Crippen LogP contribution < -0.4 is 15.8 Å². The Hall–Kier alpha value is -1.92. The van der Waals surface area contributed by atoms with Gasteiger partial charge < -0.3 is 15.8 Å². The van der Waals surface area contributed by atoms with Crippen molar-refractivity contribution in [2.24, 2.45) is 5.73 Å². The van der Waals surface area contributed by atoms with Crippen LogP contribution in [0.1, 0.15) is 25.7 Å². The van der Waals surface area contributed by atoms with E-state index < -0.39 is 17.3 Å². The number of hydrogen-bond acceptors (Lipinski definition) is 5. The third kappa shape index (κ3) is 2.20. The van der Waals surface area contributed by atoms with Gasteiger partial charge in [-0.2, -0.15) is 9.37 Å². The van der Waals surface area contributed by atoms with Crippen molar-refractivity contribution in [2.75, 3.05) is 12.4 Å². The highest BCUT2D eigenvalue weighted by Crippen LogP contribution is 2.32. The van der Waals surface area contributed by atoms with Crippen molar-refractivity contribution >= 4 is 11.9 Å². The highest BCUT2D eigenvalue weighted by molar-refractivity contribution is 5.87. The molecule has 98 valence electrons. The quantitative estimate of drug-likeness (QED) is 0.830. The first kappa shape index (κ1) is 12.5. The van der Waals surface area contributed by atoms with Crippen LogP contribution in [0.25, 0.3) is 0 Å². The fourth-order valence-corrected chi connectivity index (χ4v) is 2.18. The average Bonchev–Trinajstić information content (AvgIpc) is 2.81. The van der Waals surface area contributed by atoms with Gasteiger partial charge in [0.25, 0.3) is 5.88 Å². The van der Waals surface area contributed by atoms with Gasteiger partial charge in [0.1, 0.15) is 5.54 Å². The molecule has 1 aromatic rings. The molecule has 1 aliphatic rings. The molecule has 3 N–H and O–H groups in total. The third-order valence-electron chi connectivity index (χ3n) is 3.19. The molecule has 0 aliphatic heterocycles. The highest BCUT2D eigenvalue weighted by Gasteiger charge is 2.40. The van der Waals surface area contributed by atoms with Gasteiger partial charge in [-0.05, 0) is 12.8 Å². The molecule has 0 radical (unpaired) electrons. The van der Waals surface area contributed by atoms with Gasteiger partial charge in [-0.25, -0.2) is 4.98 Å². The SMILES string of the molecule is COc1nc(NC2(C(N)=O)CCCC2)ncc1F. The summed E-state index contributed by atoms with van der Waals surface area (Å²) in [5, 5.41) is 2.91. The van der Waals surface area contributed by atoms with Crippen LogP contribution in [0, 0.1) is 5.82 Å². The molecule has 1 aromatic heterocycles. The minimum absolute atomic E-state index is 0.147. The standard InChI is InChI=1S/C11H15FN4O2/c1-18-8-7(12)6-14-10(15-8)16-11(9(13)17)4-2-3-5-11/h6H,2-5H2,1H3,(H2,13,17)(H,14,15,16). The Balaban J connectivity index is 2.24. The number of anilines is 1. The largest absolute Gasteiger partial charge is 0.479 e. The predicted octanol–water partition coefficient (Wildman–Crippen LogP) is 0.834. The second-order valence-corrected chi connectivity index (χ2v) is 4.33. The number of rotatable bonds is 4. The van der Waals surface area contributed by atoms with Crippen LogP contribution in [0.2, 0.25) is 0 Å². The summed E-state index contributed by atoms with van der Waals surface area (Å²) >= 11 is 0. The lowest BCUT2D eigenvalue weighted by molar-refractivity contribution is -0.122. The molecular weight excluding hydrogens is 239 g/mol. The molecule has 1 amide bonds. The second-order valence-electron chi connectivity index (χ2n) is 4.33. The van der Waals surface area contributed by atoms with Gasteiger partial charge in [0, 0.05) is 0 Å². The molecule has 1 saturated carbocycles. The predicted molar refractivity (Wildman–Crippen MR) is 62.6 cm³/mol. The summed E-state index contributed by atoms with van der Waals surface area (Å²) in [6.07, 6.45) is 4.08. The number of nitrogens with one attached hydrogen (secondary N) is 1. The van der Waals surface area contributed by atoms with Crippen LogP contribution in [0.15, 0.2) is 6.20 Å². The maximum Gasteiger partial charge on any atom is 0.255 e. The van der Waals surface area contributed by atoms with Crippen molar-refractivity contribution in [2.45, 2.75) is 31.2 Å². The van der Waals surface area contributed by atoms with Crippen LogP contribution in [0.3, 0.4) is 0 Å². The van der Waals surface area contributed by atoms with Crippen molar-refractivity contribution in [3.8, 4) is 5.88 Å². The number of methoxy groups -OCH3 is 1. The Morgan fingerprint density at radius 2 is 2.22 bits per heavy atom. The Bertz CT molecular complexity index is 460. The maximum absolute atomic E-state index is 13.2. The van der Waals surface area contributed by atoms with E-state index in [0.717, 1.165) is 19.0 Å². The molecule has 0 bridgehead atoms. The topological polar surface area (TPSA) is 90.1 Å². The zero-order valence-electron chi connectivity index (χ0n) is 10.1. The van der Waals surface area contributed by atoms with Gasteiger partial charge in [0.05, 0.1) is 13.3 Å². The molecule has 1 heterocycles. The maximum atomic E-state index is 13.2. The summed E-state index contributed by atoms with van der Waals surface area (Å²) in [7, 11) is 1.31. The third-order valence-corrected chi connectivity index (χ3v) is 3.19. The van der Waals surface area contributed by atoms with Crippen molar-refractivity contribution in [1.29, 1.82) is 0 Å². The summed E-state index contributed by atoms with van der Waals surface area (Å²) in [6.45, 7) is 0. The van der Waals surface area contributed by atoms with Gasteiger partial charge >= 0.3 is 0 Å². The summed E-state index contributed by atoms with van der Waals surface area (Å²) in [6, 6.07) is 0. The number of primary amides is 1. The molecule has 7 heteroatoms. The number of amides is 1. The van der Waals surface area contributed by atoms with E-state index in [9.17, 15) is 9.18 Å². The normalized spacial score (nSPS) is 17.4. The van der Waals surface area contributed by atoms with E-state index in [1.54, 1.807) is 0 Å². The van der Waals surface area contributed by atoms with Gasteiger partial charge in [-0.3, -0.25) is 4.79 Å². The summed E-state index contributed by atoms with van der Waals surface area (Å²) in [4.78, 5) is 19.2. The molecule has 0 unspecified atom stereocenters. The van der Waals surface area contributed by atoms with Gasteiger partial charge in [0.2, 0.25) is 17.7 Å². The number of nitrogens with two attached hydrogens (primary N) is 1. The Morgan fingerprint density at radius 1 is 1.56 bits per heavy atom. The number of carbonyl (C=O) groups is 1. The lowest BCUT2D eigenvalue weighted by Gasteiger charge is -2.26. The van der Waals surface area contributed by atoms with Crippen LogP contribution in [0.4, 0.5) is 10.3 Å². The second kappa shape index (κ2) is 4.75. The van der Waals surface area contributed by atoms with E-state index in [0.29, 0.717) is 12.8 Å². The van der Waals surface area contributed by atoms with Gasteiger partial charge in [-0.1, -0.05) is 12.8 Å². The molecule has 6 nitrogen and oxygen atoms in total. The van der Waals surface area contributed by atoms with E-state index in [2.05, 4.69) is 15.3 Å². The number of ether oxygens (including phenoxy) is 1. The number of aromatic nitrogens is 2. The average molecular weight is 254 g/mol. The van der Waals surface area contributed by atoms with E-state index in [4.69, 9.17) is 10.5 Å². The van der Waals surface area contributed by atoms with Crippen molar-refractivity contribution < 1.29 is 13.9 Å². The van der Waals surface area contributed by atoms with Gasteiger partial charge in [-0.15, -0.1) is 0 Å². The van der Waals surface area contributed by atoms with E-state index in [-0.39, 0.29) is 11.8 Å². The van der Waals surface area contributed by atoms with Gasteiger partial charge in [0.15, 0.2) is 0 Å². The Labute approximate surface area is 104 Å². The summed E-state index contributed by atoms with van der Waals surface area (Å²) in [5.41, 5.74) is 4.59. The molecule has 1 fully saturated rings. The number of halogens is 1. The zero-order chi connectivity index (χ0) is 13.2. The summed E-state index contributed by atoms with van der Waals surface area (Å²) in [5.74, 6) is -1.10. The van der Waals surface area contributed by atoms with E-state index in [1.165, 1.54) is 7.11 Å². The number of hydrogen-bond donors (Lipinski definition) is 2. The minimum atomic E-state index is -0.831. The molecule has 2 rings (SSSR count). The molecule has 0 spiro atoms. The number of carbonyl (C=O) groups excluding carboxylic acids is 1. The Morgan fingerprint density at radius 3 is 2.78 bits per heavy atom. The van der Waals surface area contributed by atoms with Crippen LogP contribution in [-0.4, -0.2) is 28.5 Å². The van der Waals surface area contributed by atoms with Crippen LogP contribution >= 0.6 is 0 Å². The van der Waals surface area contributed by atoms with E-state index in [1.807, 2.05) is 0 Å². The van der Waals surface area contributed by atoms with Crippen LogP contribution in [0.5, 0.6) is 5.88 Å². The lowest BCUT2D eigenvalue weighted by Crippen LogP contribution is -2.48. The van der Waals surface area contributed by atoms with E-state index >= 15 is 0 Å². The first-order valence-electron chi connectivity index (χ1n) is 5.72. The van der Waals surface area contributed by atoms with Crippen LogP contribution in [-0.2, 0) is 4.79 Å². The minimum Gasteiger partial charge on any atom is -0.479 e. The first-order valence-corrected chi connectivity index (χ1v) is 5.72. The van der Waals surface area contributed by atoms with Crippen molar-refractivity contribution in [3.63, 3.8) is 0 Å². The zero-order valence-corrected chi connectivity index (χ0v) is 10.1. The smallest absolute Gasteiger partial charge is 0.255 e. The molecule has 0 saturated heterocycles. The highest BCUT2D eigenvalue weighted by atomic mass is 19.1. The summed E-state index contributed by atoms with van der Waals surface area (Å²) < 4.78 is 17.9. The molecular formula is C11H15FN4O2. The Kier molecular flexibility index (Phi) is 3.31. The van der Waals surface area contributed by atoms with Crippen molar-refractivity contribution in [3.05, 3.63) is 12.0 Å². The van der Waals surface area contributed by atoms with Crippen molar-refractivity contribution in [1.82, 2.24) is 9.97 Å². The fraction of sp³-hybridized carbons (Fsp3) is 0.545. The molecule has 0 atom stereocenters. The number of nitrogens with zero attached hydrogens (tertiary/aromatic N) is 2. The monoisotopic (exact) mass is 254 g/mol. The fourth-order valence-electron chi connectivity index (χ4n) is 2.18.